The number of hydrogen-bond acceptors (Lipinski definition) is 2. The summed E-state index contributed by atoms with van der Waals surface area (Å²) in [5.74, 6) is 1.55. The van der Waals surface area contributed by atoms with Crippen LogP contribution in [0.15, 0.2) is 18.2 Å². The second-order valence-corrected chi connectivity index (χ2v) is 6.21. The van der Waals surface area contributed by atoms with Crippen molar-refractivity contribution in [3.8, 4) is 5.75 Å². The van der Waals surface area contributed by atoms with Gasteiger partial charge in [0.2, 0.25) is 0 Å². The monoisotopic (exact) mass is 277 g/mol. The van der Waals surface area contributed by atoms with Gasteiger partial charge in [0.05, 0.1) is 0 Å². The van der Waals surface area contributed by atoms with Crippen LogP contribution >= 0.6 is 0 Å². The van der Waals surface area contributed by atoms with Crippen LogP contribution in [0.5, 0.6) is 5.75 Å². The SMILES string of the molecule is CNC(CCC1Cc2cc(F)ccc2O1)C1CCCC1. The molecule has 1 fully saturated rings. The lowest BCUT2D eigenvalue weighted by atomic mass is 9.92. The topological polar surface area (TPSA) is 21.3 Å². The zero-order valence-electron chi connectivity index (χ0n) is 12.2. The summed E-state index contributed by atoms with van der Waals surface area (Å²) in [6.45, 7) is 0. The van der Waals surface area contributed by atoms with Crippen molar-refractivity contribution < 1.29 is 9.13 Å². The Morgan fingerprint density at radius 2 is 2.15 bits per heavy atom. The maximum atomic E-state index is 13.2. The summed E-state index contributed by atoms with van der Waals surface area (Å²) < 4.78 is 19.1. The first kappa shape index (κ1) is 13.9. The molecule has 2 nitrogen and oxygen atoms in total. The summed E-state index contributed by atoms with van der Waals surface area (Å²) in [5.41, 5.74) is 1.02. The van der Waals surface area contributed by atoms with Gasteiger partial charge in [0.25, 0.3) is 0 Å². The number of halogens is 1. The molecule has 3 heteroatoms. The Balaban J connectivity index is 1.52. The summed E-state index contributed by atoms with van der Waals surface area (Å²) in [6.07, 6.45) is 8.78. The fraction of sp³-hybridized carbons (Fsp3) is 0.647. The van der Waals surface area contributed by atoms with E-state index in [0.717, 1.165) is 36.5 Å². The zero-order valence-corrected chi connectivity index (χ0v) is 12.2. The molecule has 0 spiro atoms. The van der Waals surface area contributed by atoms with Crippen molar-refractivity contribution in [2.75, 3.05) is 7.05 Å². The van der Waals surface area contributed by atoms with E-state index in [0.29, 0.717) is 6.04 Å². The van der Waals surface area contributed by atoms with E-state index in [1.165, 1.54) is 31.7 Å². The number of ether oxygens (including phenoxy) is 1. The van der Waals surface area contributed by atoms with Gasteiger partial charge in [0.1, 0.15) is 17.7 Å². The van der Waals surface area contributed by atoms with Crippen LogP contribution in [-0.2, 0) is 6.42 Å². The Kier molecular flexibility index (Phi) is 4.25. The van der Waals surface area contributed by atoms with Crippen LogP contribution in [0.1, 0.15) is 44.1 Å². The van der Waals surface area contributed by atoms with Crippen LogP contribution in [-0.4, -0.2) is 19.2 Å². The maximum Gasteiger partial charge on any atom is 0.123 e. The smallest absolute Gasteiger partial charge is 0.123 e. The molecule has 1 aliphatic heterocycles. The average Bonchev–Trinajstić information content (AvgIpc) is 3.08. The van der Waals surface area contributed by atoms with E-state index in [9.17, 15) is 4.39 Å². The molecule has 0 radical (unpaired) electrons. The van der Waals surface area contributed by atoms with Gasteiger partial charge in [-0.3, -0.25) is 0 Å². The highest BCUT2D eigenvalue weighted by molar-refractivity contribution is 5.37. The van der Waals surface area contributed by atoms with E-state index in [4.69, 9.17) is 4.74 Å². The molecule has 2 unspecified atom stereocenters. The molecule has 0 saturated heterocycles. The Hall–Kier alpha value is -1.09. The standard InChI is InChI=1S/C17H24FNO/c1-19-16(12-4-2-3-5-12)8-7-15-11-13-10-14(18)6-9-17(13)20-15/h6,9-10,12,15-16,19H,2-5,7-8,11H2,1H3. The summed E-state index contributed by atoms with van der Waals surface area (Å²) >= 11 is 0. The van der Waals surface area contributed by atoms with Crippen LogP contribution in [0.25, 0.3) is 0 Å². The molecule has 1 aromatic rings. The van der Waals surface area contributed by atoms with Crippen LogP contribution < -0.4 is 10.1 Å². The molecule has 0 aromatic heterocycles. The predicted molar refractivity (Wildman–Crippen MR) is 78.6 cm³/mol. The van der Waals surface area contributed by atoms with E-state index in [-0.39, 0.29) is 11.9 Å². The van der Waals surface area contributed by atoms with Crippen molar-refractivity contribution in [3.63, 3.8) is 0 Å². The van der Waals surface area contributed by atoms with E-state index >= 15 is 0 Å². The van der Waals surface area contributed by atoms with E-state index in [1.807, 2.05) is 0 Å². The number of fused-ring (bicyclic) bond motifs is 1. The second-order valence-electron chi connectivity index (χ2n) is 6.21. The zero-order chi connectivity index (χ0) is 13.9. The van der Waals surface area contributed by atoms with Gasteiger partial charge >= 0.3 is 0 Å². The van der Waals surface area contributed by atoms with Crippen molar-refractivity contribution >= 4 is 0 Å². The first-order valence-electron chi connectivity index (χ1n) is 7.88. The molecule has 1 N–H and O–H groups in total. The predicted octanol–water partition coefficient (Wildman–Crippen LogP) is 3.69. The van der Waals surface area contributed by atoms with E-state index in [1.54, 1.807) is 12.1 Å². The Labute approximate surface area is 120 Å². The molecule has 20 heavy (non-hydrogen) atoms. The minimum absolute atomic E-state index is 0.160. The van der Waals surface area contributed by atoms with Crippen molar-refractivity contribution in [1.82, 2.24) is 5.32 Å². The van der Waals surface area contributed by atoms with Gasteiger partial charge < -0.3 is 10.1 Å². The minimum atomic E-state index is -0.160. The molecule has 1 saturated carbocycles. The van der Waals surface area contributed by atoms with Crippen molar-refractivity contribution in [3.05, 3.63) is 29.6 Å². The van der Waals surface area contributed by atoms with Gasteiger partial charge in [-0.05, 0) is 56.8 Å². The van der Waals surface area contributed by atoms with Gasteiger partial charge in [-0.25, -0.2) is 4.39 Å². The number of benzene rings is 1. The van der Waals surface area contributed by atoms with Crippen LogP contribution in [0.2, 0.25) is 0 Å². The Morgan fingerprint density at radius 1 is 1.35 bits per heavy atom. The summed E-state index contributed by atoms with van der Waals surface area (Å²) in [6, 6.07) is 5.47. The van der Waals surface area contributed by atoms with Gasteiger partial charge in [0, 0.05) is 18.0 Å². The van der Waals surface area contributed by atoms with Crippen LogP contribution in [0.3, 0.4) is 0 Å². The van der Waals surface area contributed by atoms with Crippen molar-refractivity contribution in [1.29, 1.82) is 0 Å². The third-order valence-electron chi connectivity index (χ3n) is 4.90. The molecule has 3 rings (SSSR count). The quantitative estimate of drug-likeness (QED) is 0.886. The lowest BCUT2D eigenvalue weighted by Crippen LogP contribution is -2.33. The fourth-order valence-electron chi connectivity index (χ4n) is 3.79. The summed E-state index contributed by atoms with van der Waals surface area (Å²) in [5, 5.41) is 3.48. The van der Waals surface area contributed by atoms with E-state index < -0.39 is 0 Å². The second kappa shape index (κ2) is 6.13. The molecule has 2 aliphatic rings. The molecular formula is C17H24FNO. The molecule has 0 amide bonds. The fourth-order valence-corrected chi connectivity index (χ4v) is 3.79. The Bertz CT molecular complexity index is 456. The van der Waals surface area contributed by atoms with Gasteiger partial charge in [0.15, 0.2) is 0 Å². The summed E-state index contributed by atoms with van der Waals surface area (Å²) in [7, 11) is 2.07. The van der Waals surface area contributed by atoms with Crippen LogP contribution in [0, 0.1) is 11.7 Å². The molecule has 1 aliphatic carbocycles. The molecule has 1 aromatic carbocycles. The van der Waals surface area contributed by atoms with E-state index in [2.05, 4.69) is 12.4 Å². The molecule has 0 bridgehead atoms. The van der Waals surface area contributed by atoms with Gasteiger partial charge in [-0.2, -0.15) is 0 Å². The molecule has 110 valence electrons. The molecular weight excluding hydrogens is 253 g/mol. The highest BCUT2D eigenvalue weighted by Gasteiger charge is 2.27. The normalized spacial score (nSPS) is 23.6. The lowest BCUT2D eigenvalue weighted by molar-refractivity contribution is 0.203. The summed E-state index contributed by atoms with van der Waals surface area (Å²) in [4.78, 5) is 0. The third kappa shape index (κ3) is 2.98. The average molecular weight is 277 g/mol. The number of nitrogens with one attached hydrogen (secondary N) is 1. The van der Waals surface area contributed by atoms with Crippen LogP contribution in [0.4, 0.5) is 4.39 Å². The third-order valence-corrected chi connectivity index (χ3v) is 4.90. The number of rotatable bonds is 5. The first-order chi connectivity index (χ1) is 9.76. The van der Waals surface area contributed by atoms with Crippen molar-refractivity contribution in [2.24, 2.45) is 5.92 Å². The highest BCUT2D eigenvalue weighted by Crippen LogP contribution is 2.33. The van der Waals surface area contributed by atoms with Crippen molar-refractivity contribution in [2.45, 2.75) is 57.1 Å². The first-order valence-corrected chi connectivity index (χ1v) is 7.88. The Morgan fingerprint density at radius 3 is 2.90 bits per heavy atom. The largest absolute Gasteiger partial charge is 0.490 e. The maximum absolute atomic E-state index is 13.2. The molecule has 2 atom stereocenters. The number of hydrogen-bond donors (Lipinski definition) is 1. The van der Waals surface area contributed by atoms with Gasteiger partial charge in [-0.15, -0.1) is 0 Å². The van der Waals surface area contributed by atoms with Gasteiger partial charge in [-0.1, -0.05) is 12.8 Å². The lowest BCUT2D eigenvalue weighted by Gasteiger charge is -2.24. The minimum Gasteiger partial charge on any atom is -0.490 e. The molecule has 1 heterocycles. The highest BCUT2D eigenvalue weighted by atomic mass is 19.1.